The van der Waals surface area contributed by atoms with Crippen LogP contribution in [0.5, 0.6) is 34.5 Å². The van der Waals surface area contributed by atoms with Crippen LogP contribution in [0.1, 0.15) is 11.1 Å². The van der Waals surface area contributed by atoms with Crippen molar-refractivity contribution in [2.45, 2.75) is 0 Å². The van der Waals surface area contributed by atoms with Gasteiger partial charge in [0.1, 0.15) is 0 Å². The second-order valence-electron chi connectivity index (χ2n) is 5.65. The third-order valence-electron chi connectivity index (χ3n) is 3.91. The van der Waals surface area contributed by atoms with Gasteiger partial charge in [-0.05, 0) is 35.4 Å². The normalized spacial score (nSPS) is 11.4. The van der Waals surface area contributed by atoms with Crippen molar-refractivity contribution in [2.24, 2.45) is 0 Å². The molecule has 0 amide bonds. The van der Waals surface area contributed by atoms with Gasteiger partial charge >= 0.3 is 0 Å². The molecule has 0 unspecified atom stereocenters. The molecule has 0 radical (unpaired) electrons. The maximum atomic E-state index is 9.92. The summed E-state index contributed by atoms with van der Waals surface area (Å²) in [6.07, 6.45) is 11.2. The number of hydrogen-bond donors (Lipinski definition) is 2. The van der Waals surface area contributed by atoms with Crippen LogP contribution in [0, 0.1) is 0 Å². The van der Waals surface area contributed by atoms with Crippen molar-refractivity contribution in [1.29, 1.82) is 0 Å². The quantitative estimate of drug-likeness (QED) is 0.656. The summed E-state index contributed by atoms with van der Waals surface area (Å²) in [7, 11) is 5.94. The van der Waals surface area contributed by atoms with Gasteiger partial charge in [-0.2, -0.15) is 0 Å². The van der Waals surface area contributed by atoms with Gasteiger partial charge in [0.05, 0.1) is 28.4 Å². The molecule has 6 nitrogen and oxygen atoms in total. The average Bonchev–Trinajstić information content (AvgIpc) is 2.72. The lowest BCUT2D eigenvalue weighted by Crippen LogP contribution is -1.90. The first kappa shape index (κ1) is 20.8. The number of rotatable bonds is 8. The van der Waals surface area contributed by atoms with E-state index in [0.717, 1.165) is 11.1 Å². The summed E-state index contributed by atoms with van der Waals surface area (Å²) >= 11 is 0. The van der Waals surface area contributed by atoms with Crippen molar-refractivity contribution in [3.05, 3.63) is 59.7 Å². The van der Waals surface area contributed by atoms with E-state index in [0.29, 0.717) is 23.0 Å². The van der Waals surface area contributed by atoms with Crippen molar-refractivity contribution < 1.29 is 29.2 Å². The maximum absolute atomic E-state index is 9.92. The van der Waals surface area contributed by atoms with E-state index in [1.807, 2.05) is 36.5 Å². The second kappa shape index (κ2) is 9.97. The van der Waals surface area contributed by atoms with E-state index in [4.69, 9.17) is 18.9 Å². The van der Waals surface area contributed by atoms with E-state index in [-0.39, 0.29) is 11.5 Å². The zero-order valence-electron chi connectivity index (χ0n) is 16.3. The van der Waals surface area contributed by atoms with Crippen molar-refractivity contribution in [3.8, 4) is 34.5 Å². The molecule has 28 heavy (non-hydrogen) atoms. The average molecular weight is 384 g/mol. The van der Waals surface area contributed by atoms with Gasteiger partial charge in [0.2, 0.25) is 11.5 Å². The number of phenols is 2. The highest BCUT2D eigenvalue weighted by atomic mass is 16.5. The van der Waals surface area contributed by atoms with Crippen LogP contribution in [0.4, 0.5) is 0 Å². The topological polar surface area (TPSA) is 77.4 Å². The van der Waals surface area contributed by atoms with Gasteiger partial charge < -0.3 is 29.2 Å². The van der Waals surface area contributed by atoms with Crippen molar-refractivity contribution >= 4 is 12.2 Å². The van der Waals surface area contributed by atoms with Crippen LogP contribution in [0.15, 0.2) is 48.6 Å². The van der Waals surface area contributed by atoms with Gasteiger partial charge in [0.25, 0.3) is 0 Å². The molecule has 2 aromatic rings. The van der Waals surface area contributed by atoms with Crippen LogP contribution in [-0.2, 0) is 0 Å². The molecule has 0 saturated carbocycles. The Morgan fingerprint density at radius 1 is 0.536 bits per heavy atom. The molecular weight excluding hydrogens is 360 g/mol. The number of hydrogen-bond acceptors (Lipinski definition) is 6. The number of allylic oxidation sites excluding steroid dienone is 4. The van der Waals surface area contributed by atoms with Crippen molar-refractivity contribution in [2.75, 3.05) is 28.4 Å². The molecule has 0 aliphatic heterocycles. The predicted octanol–water partition coefficient (Wildman–Crippen LogP) is 4.42. The summed E-state index contributed by atoms with van der Waals surface area (Å²) in [5.74, 6) is 1.33. The molecule has 2 aromatic carbocycles. The second-order valence-corrected chi connectivity index (χ2v) is 5.65. The molecule has 2 N–H and O–H groups in total. The minimum absolute atomic E-state index is 0.0274. The standard InChI is InChI=1S/C22H24O6/c1-25-17-11-15(12-18(26-2)21(17)23)9-7-5-6-8-10-16-13-19(27-3)22(24)20(14-16)28-4/h5-14,23-24H,1-4H3/b6-5+,9-7+,10-8+. The molecule has 0 aromatic heterocycles. The van der Waals surface area contributed by atoms with Gasteiger partial charge in [-0.1, -0.05) is 36.5 Å². The zero-order valence-corrected chi connectivity index (χ0v) is 16.3. The molecule has 0 saturated heterocycles. The predicted molar refractivity (Wildman–Crippen MR) is 110 cm³/mol. The van der Waals surface area contributed by atoms with Crippen LogP contribution in [0.2, 0.25) is 0 Å². The third-order valence-corrected chi connectivity index (χ3v) is 3.91. The molecule has 6 heteroatoms. The minimum Gasteiger partial charge on any atom is -0.502 e. The Hall–Kier alpha value is -3.54. The third kappa shape index (κ3) is 5.01. The summed E-state index contributed by atoms with van der Waals surface area (Å²) in [5, 5.41) is 19.8. The Morgan fingerprint density at radius 2 is 0.821 bits per heavy atom. The fourth-order valence-corrected chi connectivity index (χ4v) is 2.48. The molecule has 148 valence electrons. The largest absolute Gasteiger partial charge is 0.502 e. The number of aromatic hydroxyl groups is 2. The Bertz CT molecular complexity index is 772. The van der Waals surface area contributed by atoms with Crippen LogP contribution in [0.3, 0.4) is 0 Å². The number of benzene rings is 2. The van der Waals surface area contributed by atoms with E-state index in [1.54, 1.807) is 24.3 Å². The first-order valence-electron chi connectivity index (χ1n) is 8.45. The smallest absolute Gasteiger partial charge is 0.200 e. The van der Waals surface area contributed by atoms with E-state index >= 15 is 0 Å². The van der Waals surface area contributed by atoms with Gasteiger partial charge in [-0.3, -0.25) is 0 Å². The summed E-state index contributed by atoms with van der Waals surface area (Å²) in [6, 6.07) is 6.86. The Labute approximate surface area is 164 Å². The van der Waals surface area contributed by atoms with E-state index < -0.39 is 0 Å². The molecule has 0 aliphatic rings. The molecule has 0 aliphatic carbocycles. The summed E-state index contributed by atoms with van der Waals surface area (Å²) in [6.45, 7) is 0. The highest BCUT2D eigenvalue weighted by Crippen LogP contribution is 2.38. The van der Waals surface area contributed by atoms with Crippen LogP contribution >= 0.6 is 0 Å². The van der Waals surface area contributed by atoms with Gasteiger partial charge in [-0.15, -0.1) is 0 Å². The highest BCUT2D eigenvalue weighted by Gasteiger charge is 2.10. The fraction of sp³-hybridized carbons (Fsp3) is 0.182. The number of phenolic OH excluding ortho intramolecular Hbond substituents is 2. The lowest BCUT2D eigenvalue weighted by atomic mass is 10.1. The van der Waals surface area contributed by atoms with Crippen LogP contribution in [0.25, 0.3) is 12.2 Å². The molecular formula is C22H24O6. The van der Waals surface area contributed by atoms with Crippen molar-refractivity contribution in [1.82, 2.24) is 0 Å². The van der Waals surface area contributed by atoms with Crippen LogP contribution in [-0.4, -0.2) is 38.7 Å². The monoisotopic (exact) mass is 384 g/mol. The first-order valence-corrected chi connectivity index (χ1v) is 8.45. The number of ether oxygens (including phenoxy) is 4. The molecule has 0 atom stereocenters. The zero-order chi connectivity index (χ0) is 20.5. The minimum atomic E-state index is -0.0274. The fourth-order valence-electron chi connectivity index (χ4n) is 2.48. The highest BCUT2D eigenvalue weighted by molar-refractivity contribution is 5.63. The van der Waals surface area contributed by atoms with E-state index in [9.17, 15) is 10.2 Å². The van der Waals surface area contributed by atoms with Gasteiger partial charge in [0.15, 0.2) is 23.0 Å². The SMILES string of the molecule is COc1cc(/C=C/C=C/C=C/c2cc(OC)c(O)c(OC)c2)cc(OC)c1O. The summed E-state index contributed by atoms with van der Waals surface area (Å²) in [5.41, 5.74) is 1.65. The Kier molecular flexibility index (Phi) is 7.39. The Balaban J connectivity index is 2.10. The molecule has 0 bridgehead atoms. The van der Waals surface area contributed by atoms with Gasteiger partial charge in [0, 0.05) is 0 Å². The van der Waals surface area contributed by atoms with E-state index in [1.165, 1.54) is 28.4 Å². The molecule has 0 spiro atoms. The summed E-state index contributed by atoms with van der Waals surface area (Å²) in [4.78, 5) is 0. The van der Waals surface area contributed by atoms with Gasteiger partial charge in [-0.25, -0.2) is 0 Å². The van der Waals surface area contributed by atoms with Crippen LogP contribution < -0.4 is 18.9 Å². The number of methoxy groups -OCH3 is 4. The molecule has 0 heterocycles. The maximum Gasteiger partial charge on any atom is 0.200 e. The molecule has 2 rings (SSSR count). The molecule has 0 fully saturated rings. The lowest BCUT2D eigenvalue weighted by molar-refractivity contribution is 0.340. The first-order chi connectivity index (χ1) is 13.5. The Morgan fingerprint density at radius 3 is 1.07 bits per heavy atom. The lowest BCUT2D eigenvalue weighted by Gasteiger charge is -2.09. The van der Waals surface area contributed by atoms with Crippen molar-refractivity contribution in [3.63, 3.8) is 0 Å². The van der Waals surface area contributed by atoms with E-state index in [2.05, 4.69) is 0 Å². The summed E-state index contributed by atoms with van der Waals surface area (Å²) < 4.78 is 20.5.